The molecule has 6 nitrogen and oxygen atoms in total. The number of hydrogen-bond donors (Lipinski definition) is 0. The zero-order valence-electron chi connectivity index (χ0n) is 44.8. The van der Waals surface area contributed by atoms with E-state index in [4.69, 9.17) is 14.2 Å². The molecule has 0 fully saturated rings. The highest BCUT2D eigenvalue weighted by atomic mass is 16.6. The topological polar surface area (TPSA) is 78.9 Å². The van der Waals surface area contributed by atoms with E-state index in [1.54, 1.807) is 0 Å². The van der Waals surface area contributed by atoms with Crippen LogP contribution in [0.5, 0.6) is 0 Å². The highest BCUT2D eigenvalue weighted by Gasteiger charge is 2.19. The summed E-state index contributed by atoms with van der Waals surface area (Å²) < 4.78 is 16.8. The molecule has 0 unspecified atom stereocenters. The van der Waals surface area contributed by atoms with Crippen molar-refractivity contribution in [1.82, 2.24) is 0 Å². The van der Waals surface area contributed by atoms with Crippen molar-refractivity contribution in [2.75, 3.05) is 13.2 Å². The third kappa shape index (κ3) is 54.9. The van der Waals surface area contributed by atoms with Gasteiger partial charge in [-0.15, -0.1) is 0 Å². The summed E-state index contributed by atoms with van der Waals surface area (Å²) >= 11 is 0. The van der Waals surface area contributed by atoms with Crippen molar-refractivity contribution < 1.29 is 28.6 Å². The van der Waals surface area contributed by atoms with Crippen molar-refractivity contribution >= 4 is 17.9 Å². The second kappa shape index (κ2) is 56.7. The molecule has 6 heteroatoms. The summed E-state index contributed by atoms with van der Waals surface area (Å²) in [4.78, 5) is 38.1. The minimum atomic E-state index is -0.807. The predicted molar refractivity (Wildman–Crippen MR) is 297 cm³/mol. The molecular formula is C63H104O6. The molecule has 392 valence electrons. The number of carbonyl (C=O) groups excluding carboxylic acids is 3. The molecule has 0 radical (unpaired) electrons. The molecule has 1 atom stereocenters. The van der Waals surface area contributed by atoms with E-state index < -0.39 is 6.10 Å². The van der Waals surface area contributed by atoms with E-state index >= 15 is 0 Å². The molecule has 0 spiro atoms. The molecule has 0 aromatic heterocycles. The molecule has 0 aliphatic heterocycles. The van der Waals surface area contributed by atoms with Crippen LogP contribution in [0.25, 0.3) is 0 Å². The van der Waals surface area contributed by atoms with Crippen LogP contribution < -0.4 is 0 Å². The molecule has 0 bridgehead atoms. The Morgan fingerprint density at radius 2 is 0.565 bits per heavy atom. The molecule has 0 heterocycles. The van der Waals surface area contributed by atoms with Crippen LogP contribution >= 0.6 is 0 Å². The Morgan fingerprint density at radius 1 is 0.304 bits per heavy atom. The SMILES string of the molecule is CC/C=C\C/C=C\C/C=C\C/C=C\CCCCC(=O)OC[C@H](COC(=O)CCCCCCCC/C=C\C/C=C\C/C=C\CCCCC)OC(=O)CCCCCCCCC/C=C\C/C=C\CCCCC. The summed E-state index contributed by atoms with van der Waals surface area (Å²) in [5.41, 5.74) is 0. The average Bonchev–Trinajstić information content (AvgIpc) is 3.35. The van der Waals surface area contributed by atoms with Crippen LogP contribution in [0.4, 0.5) is 0 Å². The predicted octanol–water partition coefficient (Wildman–Crippen LogP) is 19.1. The molecule has 0 aromatic rings. The van der Waals surface area contributed by atoms with Gasteiger partial charge < -0.3 is 14.2 Å². The highest BCUT2D eigenvalue weighted by Crippen LogP contribution is 2.14. The van der Waals surface area contributed by atoms with E-state index in [9.17, 15) is 14.4 Å². The molecular weight excluding hydrogens is 853 g/mol. The van der Waals surface area contributed by atoms with Gasteiger partial charge >= 0.3 is 17.9 Å². The fraction of sp³-hybridized carbons (Fsp3) is 0.667. The zero-order chi connectivity index (χ0) is 50.0. The van der Waals surface area contributed by atoms with E-state index in [2.05, 4.69) is 130 Å². The number of allylic oxidation sites excluding steroid dienone is 18. The van der Waals surface area contributed by atoms with Gasteiger partial charge in [-0.1, -0.05) is 214 Å². The number of unbranched alkanes of at least 4 members (excludes halogenated alkanes) is 21. The van der Waals surface area contributed by atoms with Gasteiger partial charge in [0.15, 0.2) is 6.10 Å². The van der Waals surface area contributed by atoms with Crippen molar-refractivity contribution in [3.05, 3.63) is 109 Å². The van der Waals surface area contributed by atoms with Crippen molar-refractivity contribution in [2.45, 2.75) is 258 Å². The Balaban J connectivity index is 4.49. The summed E-state index contributed by atoms with van der Waals surface area (Å²) in [5, 5.41) is 0. The van der Waals surface area contributed by atoms with E-state index in [1.807, 2.05) is 0 Å². The van der Waals surface area contributed by atoms with Crippen LogP contribution in [-0.4, -0.2) is 37.2 Å². The maximum atomic E-state index is 12.9. The summed E-state index contributed by atoms with van der Waals surface area (Å²) in [5.74, 6) is -0.966. The monoisotopic (exact) mass is 957 g/mol. The standard InChI is InChI=1S/C63H104O6/c1-4-7-10-13-16-19-22-25-28-30-31-33-35-38-41-44-47-50-53-56-62(65)68-59-60(58-67-61(64)55-52-49-46-43-40-37-34-27-24-21-18-15-12-9-6-3)69-63(66)57-54-51-48-45-42-39-36-32-29-26-23-20-17-14-11-8-5-2/h9,12,16-21,25-29,31,33-34,40,43,60H,4-8,10-11,13-15,22-24,30,32,35-39,41-42,44-59H2,1-3H3/b12-9-,19-16-,20-17-,21-18-,28-25-,29-26-,33-31-,34-27-,43-40-/t60-/m1/s1. The lowest BCUT2D eigenvalue weighted by atomic mass is 10.1. The second-order valence-corrected chi connectivity index (χ2v) is 18.5. The fourth-order valence-electron chi connectivity index (χ4n) is 7.47. The Labute approximate surface area is 425 Å². The van der Waals surface area contributed by atoms with E-state index in [1.165, 1.54) is 89.9 Å². The number of carbonyl (C=O) groups is 3. The van der Waals surface area contributed by atoms with Gasteiger partial charge in [-0.05, 0) is 128 Å². The summed E-state index contributed by atoms with van der Waals surface area (Å²) in [6, 6.07) is 0. The van der Waals surface area contributed by atoms with Gasteiger partial charge in [0.05, 0.1) is 0 Å². The third-order valence-electron chi connectivity index (χ3n) is 11.7. The molecule has 0 saturated heterocycles. The highest BCUT2D eigenvalue weighted by molar-refractivity contribution is 5.71. The Morgan fingerprint density at radius 3 is 0.913 bits per heavy atom. The van der Waals surface area contributed by atoms with E-state index in [-0.39, 0.29) is 31.1 Å². The van der Waals surface area contributed by atoms with Gasteiger partial charge in [-0.2, -0.15) is 0 Å². The quantitative estimate of drug-likeness (QED) is 0.0262. The van der Waals surface area contributed by atoms with Gasteiger partial charge in [0.2, 0.25) is 0 Å². The number of esters is 3. The van der Waals surface area contributed by atoms with Crippen LogP contribution in [-0.2, 0) is 28.6 Å². The van der Waals surface area contributed by atoms with Crippen LogP contribution in [0.2, 0.25) is 0 Å². The minimum absolute atomic E-state index is 0.103. The largest absolute Gasteiger partial charge is 0.462 e. The third-order valence-corrected chi connectivity index (χ3v) is 11.7. The summed E-state index contributed by atoms with van der Waals surface area (Å²) in [6.45, 7) is 6.42. The molecule has 0 aliphatic carbocycles. The lowest BCUT2D eigenvalue weighted by Gasteiger charge is -2.18. The van der Waals surface area contributed by atoms with Gasteiger partial charge in [-0.25, -0.2) is 0 Å². The van der Waals surface area contributed by atoms with Crippen LogP contribution in [0.15, 0.2) is 109 Å². The summed E-state index contributed by atoms with van der Waals surface area (Å²) in [6.07, 6.45) is 76.4. The normalized spacial score (nSPS) is 12.9. The molecule has 69 heavy (non-hydrogen) atoms. The van der Waals surface area contributed by atoms with Crippen LogP contribution in [0.1, 0.15) is 252 Å². The summed E-state index contributed by atoms with van der Waals surface area (Å²) in [7, 11) is 0. The first kappa shape index (κ1) is 65.1. The molecule has 0 N–H and O–H groups in total. The van der Waals surface area contributed by atoms with Gasteiger partial charge in [0, 0.05) is 19.3 Å². The fourth-order valence-corrected chi connectivity index (χ4v) is 7.47. The van der Waals surface area contributed by atoms with Crippen molar-refractivity contribution in [1.29, 1.82) is 0 Å². The van der Waals surface area contributed by atoms with Crippen molar-refractivity contribution in [3.63, 3.8) is 0 Å². The van der Waals surface area contributed by atoms with Gasteiger partial charge in [0.1, 0.15) is 13.2 Å². The smallest absolute Gasteiger partial charge is 0.306 e. The van der Waals surface area contributed by atoms with E-state index in [0.29, 0.717) is 19.3 Å². The van der Waals surface area contributed by atoms with Crippen LogP contribution in [0.3, 0.4) is 0 Å². The Kier molecular flexibility index (Phi) is 53.4. The first-order valence-electron chi connectivity index (χ1n) is 28.4. The van der Waals surface area contributed by atoms with Crippen molar-refractivity contribution in [3.8, 4) is 0 Å². The number of rotatable bonds is 50. The lowest BCUT2D eigenvalue weighted by molar-refractivity contribution is -0.167. The van der Waals surface area contributed by atoms with Gasteiger partial charge in [-0.3, -0.25) is 14.4 Å². The van der Waals surface area contributed by atoms with Crippen molar-refractivity contribution in [2.24, 2.45) is 0 Å². The van der Waals surface area contributed by atoms with Crippen LogP contribution in [0, 0.1) is 0 Å². The molecule has 0 aromatic carbocycles. The maximum Gasteiger partial charge on any atom is 0.306 e. The average molecular weight is 958 g/mol. The minimum Gasteiger partial charge on any atom is -0.462 e. The molecule has 0 rings (SSSR count). The molecule has 0 aliphatic rings. The Bertz CT molecular complexity index is 1420. The number of hydrogen-bond acceptors (Lipinski definition) is 6. The Hall–Kier alpha value is -3.93. The first-order valence-corrected chi connectivity index (χ1v) is 28.4. The molecule has 0 amide bonds. The second-order valence-electron chi connectivity index (χ2n) is 18.5. The maximum absolute atomic E-state index is 12.9. The first-order chi connectivity index (χ1) is 34.0. The van der Waals surface area contributed by atoms with E-state index in [0.717, 1.165) is 122 Å². The lowest BCUT2D eigenvalue weighted by Crippen LogP contribution is -2.30. The van der Waals surface area contributed by atoms with Gasteiger partial charge in [0.25, 0.3) is 0 Å². The number of ether oxygens (including phenoxy) is 3. The molecule has 0 saturated carbocycles. The zero-order valence-corrected chi connectivity index (χ0v) is 44.8.